The lowest BCUT2D eigenvalue weighted by Gasteiger charge is -2.39. The van der Waals surface area contributed by atoms with Crippen molar-refractivity contribution in [2.75, 3.05) is 19.7 Å². The van der Waals surface area contributed by atoms with Crippen LogP contribution in [0.4, 0.5) is 0 Å². The fourth-order valence-electron chi connectivity index (χ4n) is 3.51. The molecule has 2 aliphatic rings. The number of carbonyl (C=O) groups excluding carboxylic acids is 1. The van der Waals surface area contributed by atoms with Crippen LogP contribution in [0.5, 0.6) is 0 Å². The smallest absolute Gasteiger partial charge is 0.249 e. The van der Waals surface area contributed by atoms with Crippen LogP contribution in [0.1, 0.15) is 40.9 Å². The molecule has 5 heteroatoms. The van der Waals surface area contributed by atoms with E-state index in [4.69, 9.17) is 4.74 Å². The molecule has 3 heterocycles. The molecule has 1 amide bonds. The van der Waals surface area contributed by atoms with Crippen molar-refractivity contribution in [3.05, 3.63) is 57.9 Å². The van der Waals surface area contributed by atoms with Gasteiger partial charge in [0.25, 0.3) is 0 Å². The quantitative estimate of drug-likeness (QED) is 0.876. The summed E-state index contributed by atoms with van der Waals surface area (Å²) in [7, 11) is 0. The maximum Gasteiger partial charge on any atom is 0.249 e. The Balaban J connectivity index is 1.40. The number of carbonyl (C=O) groups is 1. The third-order valence-corrected chi connectivity index (χ3v) is 5.08. The largest absolute Gasteiger partial charge is 0.376 e. The number of H-pyrrole nitrogens is 1. The number of rotatable bonds is 3. The Morgan fingerprint density at radius 3 is 2.84 bits per heavy atom. The summed E-state index contributed by atoms with van der Waals surface area (Å²) in [5.74, 6) is 0.426. The first-order chi connectivity index (χ1) is 12.1. The second-order valence-electron chi connectivity index (χ2n) is 7.01. The average Bonchev–Trinajstić information content (AvgIpc) is 2.99. The lowest BCUT2D eigenvalue weighted by atomic mass is 9.91. The number of likely N-dealkylation sites (tertiary alicyclic amines) is 1. The number of fused-ring (bicyclic) bond motifs is 1. The number of hydrogen-bond donors (Lipinski definition) is 1. The molecule has 1 aromatic heterocycles. The molecule has 1 N–H and O–H groups in total. The van der Waals surface area contributed by atoms with E-state index in [1.165, 1.54) is 16.8 Å². The van der Waals surface area contributed by atoms with Gasteiger partial charge in [-0.15, -0.1) is 0 Å². The molecule has 0 spiro atoms. The molecule has 4 rings (SSSR count). The van der Waals surface area contributed by atoms with E-state index in [0.717, 1.165) is 42.9 Å². The van der Waals surface area contributed by atoms with Gasteiger partial charge in [-0.1, -0.05) is 29.8 Å². The zero-order valence-corrected chi connectivity index (χ0v) is 14.7. The van der Waals surface area contributed by atoms with Crippen LogP contribution in [0.15, 0.2) is 29.8 Å². The summed E-state index contributed by atoms with van der Waals surface area (Å²) in [6.45, 7) is 6.81. The Hall–Kier alpha value is -2.40. The van der Waals surface area contributed by atoms with Crippen molar-refractivity contribution in [2.24, 2.45) is 0 Å². The first-order valence-electron chi connectivity index (χ1n) is 8.80. The van der Waals surface area contributed by atoms with Crippen LogP contribution in [0, 0.1) is 6.92 Å². The van der Waals surface area contributed by atoms with Crippen LogP contribution in [0.25, 0.3) is 6.08 Å². The van der Waals surface area contributed by atoms with Gasteiger partial charge in [0.2, 0.25) is 5.91 Å². The van der Waals surface area contributed by atoms with Crippen molar-refractivity contribution >= 4 is 12.0 Å². The lowest BCUT2D eigenvalue weighted by Crippen LogP contribution is -2.49. The first kappa shape index (κ1) is 16.1. The SMILES string of the molecule is CC(=Cc1ccc(C)cc1)C(=O)N1CC(c2n[nH]c3c2COCC3)C1. The minimum absolute atomic E-state index is 0.109. The number of aryl methyl sites for hydroxylation is 1. The van der Waals surface area contributed by atoms with Crippen LogP contribution in [-0.4, -0.2) is 40.7 Å². The predicted molar refractivity (Wildman–Crippen MR) is 96.1 cm³/mol. The Bertz CT molecular complexity index is 814. The molecule has 0 bridgehead atoms. The Labute approximate surface area is 147 Å². The van der Waals surface area contributed by atoms with Crippen molar-refractivity contribution < 1.29 is 9.53 Å². The van der Waals surface area contributed by atoms with Crippen LogP contribution in [-0.2, 0) is 22.6 Å². The van der Waals surface area contributed by atoms with E-state index in [1.807, 2.05) is 30.0 Å². The molecule has 1 saturated heterocycles. The second kappa shape index (κ2) is 6.48. The molecular formula is C20H23N3O2. The molecule has 0 radical (unpaired) electrons. The van der Waals surface area contributed by atoms with Crippen LogP contribution >= 0.6 is 0 Å². The molecule has 0 saturated carbocycles. The molecule has 5 nitrogen and oxygen atoms in total. The number of ether oxygens (including phenoxy) is 1. The molecule has 1 aromatic carbocycles. The third kappa shape index (κ3) is 3.12. The number of benzene rings is 1. The number of nitrogens with zero attached hydrogens (tertiary/aromatic N) is 2. The van der Waals surface area contributed by atoms with Crippen molar-refractivity contribution in [3.8, 4) is 0 Å². The molecule has 2 aromatic rings. The van der Waals surface area contributed by atoms with Gasteiger partial charge in [0.05, 0.1) is 18.9 Å². The highest BCUT2D eigenvalue weighted by molar-refractivity contribution is 5.97. The van der Waals surface area contributed by atoms with Gasteiger partial charge in [0.1, 0.15) is 0 Å². The molecule has 130 valence electrons. The summed E-state index contributed by atoms with van der Waals surface area (Å²) in [5.41, 5.74) is 6.54. The maximum absolute atomic E-state index is 12.6. The predicted octanol–water partition coefficient (Wildman–Crippen LogP) is 2.82. The highest BCUT2D eigenvalue weighted by atomic mass is 16.5. The summed E-state index contributed by atoms with van der Waals surface area (Å²) < 4.78 is 5.55. The van der Waals surface area contributed by atoms with E-state index in [1.54, 1.807) is 0 Å². The summed E-state index contributed by atoms with van der Waals surface area (Å²) in [4.78, 5) is 14.5. The average molecular weight is 337 g/mol. The van der Waals surface area contributed by atoms with Crippen LogP contribution in [0.2, 0.25) is 0 Å². The lowest BCUT2D eigenvalue weighted by molar-refractivity contribution is -0.131. The van der Waals surface area contributed by atoms with E-state index in [2.05, 4.69) is 29.3 Å². The normalized spacial score (nSPS) is 18.0. The zero-order chi connectivity index (χ0) is 17.4. The van der Waals surface area contributed by atoms with E-state index < -0.39 is 0 Å². The number of nitrogens with one attached hydrogen (secondary N) is 1. The van der Waals surface area contributed by atoms with E-state index in [-0.39, 0.29) is 5.91 Å². The summed E-state index contributed by atoms with van der Waals surface area (Å²) >= 11 is 0. The number of aromatic amines is 1. The highest BCUT2D eigenvalue weighted by Gasteiger charge is 2.36. The van der Waals surface area contributed by atoms with Crippen molar-refractivity contribution in [3.63, 3.8) is 0 Å². The minimum Gasteiger partial charge on any atom is -0.376 e. The Morgan fingerprint density at radius 1 is 1.32 bits per heavy atom. The van der Waals surface area contributed by atoms with E-state index in [9.17, 15) is 4.79 Å². The summed E-state index contributed by atoms with van der Waals surface area (Å²) in [6, 6.07) is 8.21. The Morgan fingerprint density at radius 2 is 2.08 bits per heavy atom. The molecule has 25 heavy (non-hydrogen) atoms. The van der Waals surface area contributed by atoms with Crippen molar-refractivity contribution in [1.82, 2.24) is 15.1 Å². The van der Waals surface area contributed by atoms with Gasteiger partial charge >= 0.3 is 0 Å². The third-order valence-electron chi connectivity index (χ3n) is 5.08. The monoisotopic (exact) mass is 337 g/mol. The topological polar surface area (TPSA) is 58.2 Å². The van der Waals surface area contributed by atoms with Crippen LogP contribution in [0.3, 0.4) is 0 Å². The maximum atomic E-state index is 12.6. The first-order valence-corrected chi connectivity index (χ1v) is 8.80. The zero-order valence-electron chi connectivity index (χ0n) is 14.7. The summed E-state index contributed by atoms with van der Waals surface area (Å²) in [6.07, 6.45) is 2.86. The van der Waals surface area contributed by atoms with Crippen molar-refractivity contribution in [2.45, 2.75) is 32.8 Å². The van der Waals surface area contributed by atoms with E-state index in [0.29, 0.717) is 12.5 Å². The molecule has 2 aliphatic heterocycles. The van der Waals surface area contributed by atoms with Gasteiger partial charge in [0.15, 0.2) is 0 Å². The van der Waals surface area contributed by atoms with Gasteiger partial charge in [-0.25, -0.2) is 0 Å². The number of amides is 1. The summed E-state index contributed by atoms with van der Waals surface area (Å²) in [5, 5.41) is 7.61. The van der Waals surface area contributed by atoms with Gasteiger partial charge in [-0.3, -0.25) is 9.89 Å². The number of hydrogen-bond acceptors (Lipinski definition) is 3. The molecular weight excluding hydrogens is 314 g/mol. The molecule has 0 unspecified atom stereocenters. The highest BCUT2D eigenvalue weighted by Crippen LogP contribution is 2.32. The van der Waals surface area contributed by atoms with E-state index >= 15 is 0 Å². The van der Waals surface area contributed by atoms with Gasteiger partial charge < -0.3 is 9.64 Å². The molecule has 0 aliphatic carbocycles. The number of aromatic nitrogens is 2. The minimum atomic E-state index is 0.109. The standard InChI is InChI=1S/C20H23N3O2/c1-13-3-5-15(6-4-13)9-14(2)20(24)23-10-16(11-23)19-17-12-25-8-7-18(17)21-22-19/h3-6,9,16H,7-8,10-12H2,1-2H3,(H,21,22). The van der Waals surface area contributed by atoms with Gasteiger partial charge in [0, 0.05) is 42.3 Å². The van der Waals surface area contributed by atoms with Gasteiger partial charge in [-0.2, -0.15) is 5.10 Å². The fraction of sp³-hybridized carbons (Fsp3) is 0.400. The van der Waals surface area contributed by atoms with Crippen LogP contribution < -0.4 is 0 Å². The fourth-order valence-corrected chi connectivity index (χ4v) is 3.51. The second-order valence-corrected chi connectivity index (χ2v) is 7.01. The molecule has 0 atom stereocenters. The van der Waals surface area contributed by atoms with Gasteiger partial charge in [-0.05, 0) is 25.5 Å². The Kier molecular flexibility index (Phi) is 4.17. The molecule has 1 fully saturated rings. The van der Waals surface area contributed by atoms with Crippen molar-refractivity contribution in [1.29, 1.82) is 0 Å².